The third kappa shape index (κ3) is 2.69. The number of piperazine rings is 1. The van der Waals surface area contributed by atoms with E-state index in [1.807, 2.05) is 6.92 Å². The molecule has 104 valence electrons. The van der Waals surface area contributed by atoms with E-state index in [-0.39, 0.29) is 18.4 Å². The Hall–Kier alpha value is -0.630. The number of aryl methyl sites for hydroxylation is 1. The molecular formula is C10H19ClN4O2S. The molecule has 0 unspecified atom stereocenters. The van der Waals surface area contributed by atoms with Crippen molar-refractivity contribution in [3.05, 3.63) is 11.9 Å². The molecule has 18 heavy (non-hydrogen) atoms. The second kappa shape index (κ2) is 5.56. The van der Waals surface area contributed by atoms with Gasteiger partial charge in [0.15, 0.2) is 0 Å². The van der Waals surface area contributed by atoms with Crippen molar-refractivity contribution >= 4 is 22.4 Å². The minimum atomic E-state index is -3.39. The highest BCUT2D eigenvalue weighted by Crippen LogP contribution is 2.19. The first-order chi connectivity index (χ1) is 7.93. The Bertz CT molecular complexity index is 514. The van der Waals surface area contributed by atoms with Gasteiger partial charge in [-0.05, 0) is 13.8 Å². The summed E-state index contributed by atoms with van der Waals surface area (Å²) in [5, 5.41) is 7.22. The fourth-order valence-corrected chi connectivity index (χ4v) is 3.70. The predicted molar refractivity (Wildman–Crippen MR) is 71.4 cm³/mol. The van der Waals surface area contributed by atoms with Crippen LogP contribution in [0.15, 0.2) is 11.1 Å². The molecule has 1 N–H and O–H groups in total. The second-order valence-electron chi connectivity index (χ2n) is 4.44. The quantitative estimate of drug-likeness (QED) is 0.842. The molecule has 0 aliphatic carbocycles. The van der Waals surface area contributed by atoms with Gasteiger partial charge < -0.3 is 5.32 Å². The highest BCUT2D eigenvalue weighted by Gasteiger charge is 2.30. The Morgan fingerprint density at radius 3 is 2.67 bits per heavy atom. The highest BCUT2D eigenvalue weighted by molar-refractivity contribution is 7.89. The van der Waals surface area contributed by atoms with E-state index in [0.29, 0.717) is 30.2 Å². The summed E-state index contributed by atoms with van der Waals surface area (Å²) in [4.78, 5) is 0.314. The SMILES string of the molecule is Cc1c(S(=O)(=O)N2CCN[C@@H](C)C2)cnn1C.Cl. The number of hydrogen-bond donors (Lipinski definition) is 1. The number of hydrogen-bond acceptors (Lipinski definition) is 4. The molecule has 1 saturated heterocycles. The van der Waals surface area contributed by atoms with Crippen molar-refractivity contribution in [2.75, 3.05) is 19.6 Å². The minimum absolute atomic E-state index is 0. The van der Waals surface area contributed by atoms with Gasteiger partial charge in [-0.3, -0.25) is 4.68 Å². The summed E-state index contributed by atoms with van der Waals surface area (Å²) in [6.45, 7) is 5.47. The maximum Gasteiger partial charge on any atom is 0.246 e. The number of halogens is 1. The van der Waals surface area contributed by atoms with Crippen LogP contribution < -0.4 is 5.32 Å². The summed E-state index contributed by atoms with van der Waals surface area (Å²) in [5.41, 5.74) is 0.677. The molecule has 0 bridgehead atoms. The highest BCUT2D eigenvalue weighted by atomic mass is 35.5. The Morgan fingerprint density at radius 2 is 2.17 bits per heavy atom. The summed E-state index contributed by atoms with van der Waals surface area (Å²) in [6, 6.07) is 0.190. The fourth-order valence-electron chi connectivity index (χ4n) is 1.99. The number of sulfonamides is 1. The number of aromatic nitrogens is 2. The number of nitrogens with one attached hydrogen (secondary N) is 1. The summed E-state index contributed by atoms with van der Waals surface area (Å²) in [7, 11) is -1.65. The monoisotopic (exact) mass is 294 g/mol. The Balaban J connectivity index is 0.00000162. The zero-order valence-corrected chi connectivity index (χ0v) is 12.4. The molecule has 1 atom stereocenters. The zero-order valence-electron chi connectivity index (χ0n) is 10.8. The van der Waals surface area contributed by atoms with Gasteiger partial charge in [0, 0.05) is 32.7 Å². The molecule has 0 aromatic carbocycles. The fraction of sp³-hybridized carbons (Fsp3) is 0.700. The lowest BCUT2D eigenvalue weighted by atomic mass is 10.3. The van der Waals surface area contributed by atoms with Crippen LogP contribution in [0.1, 0.15) is 12.6 Å². The van der Waals surface area contributed by atoms with E-state index < -0.39 is 10.0 Å². The molecule has 6 nitrogen and oxygen atoms in total. The van der Waals surface area contributed by atoms with Crippen LogP contribution in [0.2, 0.25) is 0 Å². The molecule has 1 aromatic heterocycles. The topological polar surface area (TPSA) is 67.2 Å². The molecule has 2 heterocycles. The molecule has 8 heteroatoms. The van der Waals surface area contributed by atoms with Crippen LogP contribution in [-0.2, 0) is 17.1 Å². The normalized spacial score (nSPS) is 21.6. The van der Waals surface area contributed by atoms with Gasteiger partial charge in [0.25, 0.3) is 0 Å². The molecule has 0 spiro atoms. The van der Waals surface area contributed by atoms with Gasteiger partial charge >= 0.3 is 0 Å². The first-order valence-corrected chi connectivity index (χ1v) is 7.09. The third-order valence-corrected chi connectivity index (χ3v) is 5.11. The zero-order chi connectivity index (χ0) is 12.6. The van der Waals surface area contributed by atoms with Crippen molar-refractivity contribution in [1.29, 1.82) is 0 Å². The van der Waals surface area contributed by atoms with Crippen LogP contribution in [0, 0.1) is 6.92 Å². The first kappa shape index (κ1) is 15.4. The van der Waals surface area contributed by atoms with E-state index >= 15 is 0 Å². The van der Waals surface area contributed by atoms with Gasteiger partial charge in [-0.1, -0.05) is 0 Å². The first-order valence-electron chi connectivity index (χ1n) is 5.65. The van der Waals surface area contributed by atoms with Crippen LogP contribution in [0.25, 0.3) is 0 Å². The van der Waals surface area contributed by atoms with Gasteiger partial charge in [-0.25, -0.2) is 8.42 Å². The van der Waals surface area contributed by atoms with E-state index in [0.717, 1.165) is 0 Å². The summed E-state index contributed by atoms with van der Waals surface area (Å²) >= 11 is 0. The number of nitrogens with zero attached hydrogens (tertiary/aromatic N) is 3. The minimum Gasteiger partial charge on any atom is -0.312 e. The number of rotatable bonds is 2. The van der Waals surface area contributed by atoms with Crippen molar-refractivity contribution in [1.82, 2.24) is 19.4 Å². The molecule has 1 aromatic rings. The summed E-state index contributed by atoms with van der Waals surface area (Å²) < 4.78 is 27.9. The molecule has 2 rings (SSSR count). The van der Waals surface area contributed by atoms with E-state index in [4.69, 9.17) is 0 Å². The lowest BCUT2D eigenvalue weighted by molar-refractivity contribution is 0.310. The molecule has 1 fully saturated rings. The molecule has 1 aliphatic heterocycles. The summed E-state index contributed by atoms with van der Waals surface area (Å²) in [5.74, 6) is 0. The van der Waals surface area contributed by atoms with Crippen LogP contribution >= 0.6 is 12.4 Å². The smallest absolute Gasteiger partial charge is 0.246 e. The Kier molecular flexibility index (Phi) is 4.77. The third-order valence-electron chi connectivity index (χ3n) is 3.14. The predicted octanol–water partition coefficient (Wildman–Crippen LogP) is 0.133. The Morgan fingerprint density at radius 1 is 1.50 bits per heavy atom. The average molecular weight is 295 g/mol. The van der Waals surface area contributed by atoms with Crippen LogP contribution in [-0.4, -0.2) is 48.2 Å². The lowest BCUT2D eigenvalue weighted by Gasteiger charge is -2.30. The molecule has 0 saturated carbocycles. The second-order valence-corrected chi connectivity index (χ2v) is 6.34. The van der Waals surface area contributed by atoms with Crippen LogP contribution in [0.4, 0.5) is 0 Å². The van der Waals surface area contributed by atoms with E-state index in [9.17, 15) is 8.42 Å². The van der Waals surface area contributed by atoms with E-state index in [2.05, 4.69) is 10.4 Å². The van der Waals surface area contributed by atoms with Crippen molar-refractivity contribution < 1.29 is 8.42 Å². The maximum atomic E-state index is 12.4. The Labute approximate surface area is 114 Å². The van der Waals surface area contributed by atoms with Crippen molar-refractivity contribution in [2.45, 2.75) is 24.8 Å². The lowest BCUT2D eigenvalue weighted by Crippen LogP contribution is -2.51. The van der Waals surface area contributed by atoms with E-state index in [1.165, 1.54) is 10.5 Å². The maximum absolute atomic E-state index is 12.4. The largest absolute Gasteiger partial charge is 0.312 e. The van der Waals surface area contributed by atoms with Gasteiger partial charge in [0.05, 0.1) is 11.9 Å². The summed E-state index contributed by atoms with van der Waals surface area (Å²) in [6.07, 6.45) is 1.43. The molecule has 0 amide bonds. The van der Waals surface area contributed by atoms with Crippen LogP contribution in [0.5, 0.6) is 0 Å². The van der Waals surface area contributed by atoms with Crippen LogP contribution in [0.3, 0.4) is 0 Å². The van der Waals surface area contributed by atoms with Gasteiger partial charge in [0.2, 0.25) is 10.0 Å². The van der Waals surface area contributed by atoms with E-state index in [1.54, 1.807) is 18.7 Å². The van der Waals surface area contributed by atoms with Gasteiger partial charge in [-0.2, -0.15) is 9.40 Å². The molecule has 0 radical (unpaired) electrons. The van der Waals surface area contributed by atoms with Gasteiger partial charge in [0.1, 0.15) is 4.90 Å². The van der Waals surface area contributed by atoms with Crippen molar-refractivity contribution in [3.63, 3.8) is 0 Å². The molecule has 1 aliphatic rings. The van der Waals surface area contributed by atoms with Gasteiger partial charge in [-0.15, -0.1) is 12.4 Å². The van der Waals surface area contributed by atoms with Crippen molar-refractivity contribution in [2.24, 2.45) is 7.05 Å². The van der Waals surface area contributed by atoms with Crippen molar-refractivity contribution in [3.8, 4) is 0 Å². The molecular weight excluding hydrogens is 276 g/mol. The standard InChI is InChI=1S/C10H18N4O2S.ClH/c1-8-7-14(5-4-11-8)17(15,16)10-6-12-13(3)9(10)2;/h6,8,11H,4-5,7H2,1-3H3;1H/t8-;/m0./s1. The average Bonchev–Trinajstić information content (AvgIpc) is 2.60.